The van der Waals surface area contributed by atoms with E-state index in [0.717, 1.165) is 36.6 Å². The van der Waals surface area contributed by atoms with E-state index in [1.165, 1.54) is 0 Å². The minimum absolute atomic E-state index is 0.719. The van der Waals surface area contributed by atoms with Gasteiger partial charge in [0.25, 0.3) is 0 Å². The summed E-state index contributed by atoms with van der Waals surface area (Å²) in [5, 5.41) is 14.1. The molecule has 0 bridgehead atoms. The van der Waals surface area contributed by atoms with E-state index in [9.17, 15) is 0 Å². The van der Waals surface area contributed by atoms with Gasteiger partial charge < -0.3 is 5.32 Å². The first kappa shape index (κ1) is 13.0. The molecule has 102 valence electrons. The number of hydrogen-bond acceptors (Lipinski definition) is 5. The van der Waals surface area contributed by atoms with Crippen LogP contribution in [0.15, 0.2) is 47.4 Å². The predicted molar refractivity (Wildman–Crippen MR) is 78.9 cm³/mol. The minimum atomic E-state index is 0.719. The van der Waals surface area contributed by atoms with E-state index in [-0.39, 0.29) is 0 Å². The zero-order valence-electron chi connectivity index (χ0n) is 10.9. The molecule has 5 nitrogen and oxygen atoms in total. The van der Waals surface area contributed by atoms with E-state index in [0.29, 0.717) is 0 Å². The molecule has 0 spiro atoms. The van der Waals surface area contributed by atoms with Crippen LogP contribution in [0.5, 0.6) is 0 Å². The van der Waals surface area contributed by atoms with Crippen LogP contribution < -0.4 is 5.32 Å². The molecule has 0 fully saturated rings. The van der Waals surface area contributed by atoms with Crippen molar-refractivity contribution in [3.63, 3.8) is 0 Å². The Balaban J connectivity index is 1.50. The third-order valence-corrected chi connectivity index (χ3v) is 3.51. The van der Waals surface area contributed by atoms with Crippen LogP contribution in [-0.4, -0.2) is 26.5 Å². The molecule has 0 atom stereocenters. The molecular weight excluding hydrogens is 270 g/mol. The van der Waals surface area contributed by atoms with Crippen LogP contribution >= 0.6 is 11.3 Å². The van der Waals surface area contributed by atoms with E-state index < -0.39 is 0 Å². The summed E-state index contributed by atoms with van der Waals surface area (Å²) in [5.41, 5.74) is 4.91. The Morgan fingerprint density at radius 1 is 1.15 bits per heavy atom. The average Bonchev–Trinajstić information content (AvgIpc) is 3.16. The van der Waals surface area contributed by atoms with E-state index in [1.54, 1.807) is 22.3 Å². The molecule has 0 saturated carbocycles. The Morgan fingerprint density at radius 3 is 2.85 bits per heavy atom. The summed E-state index contributed by atoms with van der Waals surface area (Å²) < 4.78 is 0. The van der Waals surface area contributed by atoms with Gasteiger partial charge in [0.1, 0.15) is 0 Å². The second kappa shape index (κ2) is 6.40. The first-order valence-electron chi connectivity index (χ1n) is 6.46. The molecule has 1 aromatic carbocycles. The molecule has 2 aromatic heterocycles. The summed E-state index contributed by atoms with van der Waals surface area (Å²) in [7, 11) is 0. The standard InChI is InChI=1S/C14H15N5S/c1-2-4-14(5-3-1)19-17-9-13(18-19)8-15-7-6-12-10-20-11-16-12/h1-5,9-11,15H,6-8H2. The maximum atomic E-state index is 4.44. The highest BCUT2D eigenvalue weighted by Crippen LogP contribution is 2.04. The molecule has 0 aliphatic rings. The second-order valence-corrected chi connectivity index (χ2v) is 5.09. The zero-order valence-corrected chi connectivity index (χ0v) is 11.8. The summed E-state index contributed by atoms with van der Waals surface area (Å²) in [5.74, 6) is 0. The molecule has 0 radical (unpaired) electrons. The number of rotatable bonds is 6. The SMILES string of the molecule is c1ccc(-n2ncc(CNCCc3cscn3)n2)cc1. The van der Waals surface area contributed by atoms with Crippen LogP contribution in [-0.2, 0) is 13.0 Å². The van der Waals surface area contributed by atoms with Gasteiger partial charge >= 0.3 is 0 Å². The summed E-state index contributed by atoms with van der Waals surface area (Å²) in [4.78, 5) is 5.90. The Hall–Kier alpha value is -2.05. The van der Waals surface area contributed by atoms with Crippen molar-refractivity contribution >= 4 is 11.3 Å². The number of hydrogen-bond donors (Lipinski definition) is 1. The molecule has 0 amide bonds. The number of thiazole rings is 1. The van der Waals surface area contributed by atoms with Crippen molar-refractivity contribution in [2.75, 3.05) is 6.54 Å². The van der Waals surface area contributed by atoms with Gasteiger partial charge in [-0.1, -0.05) is 18.2 Å². The molecule has 0 saturated heterocycles. The van der Waals surface area contributed by atoms with Gasteiger partial charge in [-0.15, -0.1) is 11.3 Å². The smallest absolute Gasteiger partial charge is 0.0969 e. The number of para-hydroxylation sites is 1. The molecule has 1 N–H and O–H groups in total. The highest BCUT2D eigenvalue weighted by atomic mass is 32.1. The maximum absolute atomic E-state index is 4.44. The van der Waals surface area contributed by atoms with Crippen molar-refractivity contribution in [1.29, 1.82) is 0 Å². The van der Waals surface area contributed by atoms with Crippen LogP contribution in [0.1, 0.15) is 11.4 Å². The first-order chi connectivity index (χ1) is 9.92. The van der Waals surface area contributed by atoms with Gasteiger partial charge in [-0.3, -0.25) is 0 Å². The molecule has 0 unspecified atom stereocenters. The van der Waals surface area contributed by atoms with Crippen LogP contribution in [0.25, 0.3) is 5.69 Å². The van der Waals surface area contributed by atoms with Gasteiger partial charge in [0.15, 0.2) is 0 Å². The third-order valence-electron chi connectivity index (χ3n) is 2.87. The number of benzene rings is 1. The van der Waals surface area contributed by atoms with Gasteiger partial charge in [-0.05, 0) is 12.1 Å². The molecule has 0 aliphatic heterocycles. The fourth-order valence-electron chi connectivity index (χ4n) is 1.86. The molecule has 3 aromatic rings. The summed E-state index contributed by atoms with van der Waals surface area (Å²) in [6.07, 6.45) is 2.74. The van der Waals surface area contributed by atoms with E-state index in [4.69, 9.17) is 0 Å². The summed E-state index contributed by atoms with van der Waals surface area (Å²) >= 11 is 1.63. The highest BCUT2D eigenvalue weighted by Gasteiger charge is 2.02. The minimum Gasteiger partial charge on any atom is -0.311 e. The Morgan fingerprint density at radius 2 is 2.05 bits per heavy atom. The fourth-order valence-corrected chi connectivity index (χ4v) is 2.45. The maximum Gasteiger partial charge on any atom is 0.0969 e. The first-order valence-corrected chi connectivity index (χ1v) is 7.40. The van der Waals surface area contributed by atoms with Gasteiger partial charge in [0.05, 0.1) is 28.8 Å². The van der Waals surface area contributed by atoms with Gasteiger partial charge in [-0.2, -0.15) is 15.0 Å². The van der Waals surface area contributed by atoms with Gasteiger partial charge in [0, 0.05) is 24.9 Å². The number of aromatic nitrogens is 4. The Labute approximate surface area is 121 Å². The zero-order chi connectivity index (χ0) is 13.6. The quantitative estimate of drug-likeness (QED) is 0.704. The van der Waals surface area contributed by atoms with E-state index >= 15 is 0 Å². The molecule has 6 heteroatoms. The lowest BCUT2D eigenvalue weighted by Crippen LogP contribution is -2.17. The summed E-state index contributed by atoms with van der Waals surface area (Å²) in [6, 6.07) is 9.90. The van der Waals surface area contributed by atoms with Crippen molar-refractivity contribution in [3.05, 3.63) is 58.8 Å². The fraction of sp³-hybridized carbons (Fsp3) is 0.214. The monoisotopic (exact) mass is 285 g/mol. The highest BCUT2D eigenvalue weighted by molar-refractivity contribution is 7.07. The third kappa shape index (κ3) is 3.28. The topological polar surface area (TPSA) is 55.6 Å². The van der Waals surface area contributed by atoms with Crippen LogP contribution in [0.2, 0.25) is 0 Å². The van der Waals surface area contributed by atoms with Gasteiger partial charge in [0.2, 0.25) is 0 Å². The van der Waals surface area contributed by atoms with Crippen molar-refractivity contribution in [3.8, 4) is 5.69 Å². The van der Waals surface area contributed by atoms with Crippen molar-refractivity contribution in [2.45, 2.75) is 13.0 Å². The second-order valence-electron chi connectivity index (χ2n) is 4.37. The number of nitrogens with zero attached hydrogens (tertiary/aromatic N) is 4. The Kier molecular flexibility index (Phi) is 4.15. The molecule has 20 heavy (non-hydrogen) atoms. The lowest BCUT2D eigenvalue weighted by molar-refractivity contribution is 0.656. The lowest BCUT2D eigenvalue weighted by atomic mass is 10.3. The van der Waals surface area contributed by atoms with Crippen LogP contribution in [0, 0.1) is 0 Å². The molecule has 0 aliphatic carbocycles. The molecular formula is C14H15N5S. The van der Waals surface area contributed by atoms with Crippen LogP contribution in [0.3, 0.4) is 0 Å². The Bertz CT molecular complexity index is 633. The van der Waals surface area contributed by atoms with Gasteiger partial charge in [-0.25, -0.2) is 4.98 Å². The van der Waals surface area contributed by atoms with E-state index in [1.807, 2.05) is 35.8 Å². The van der Waals surface area contributed by atoms with Crippen molar-refractivity contribution in [2.24, 2.45) is 0 Å². The largest absolute Gasteiger partial charge is 0.311 e. The van der Waals surface area contributed by atoms with Crippen molar-refractivity contribution in [1.82, 2.24) is 25.3 Å². The average molecular weight is 285 g/mol. The predicted octanol–water partition coefficient (Wildman–Crippen LogP) is 2.06. The van der Waals surface area contributed by atoms with E-state index in [2.05, 4.69) is 25.9 Å². The molecule has 3 rings (SSSR count). The lowest BCUT2D eigenvalue weighted by Gasteiger charge is -2.00. The molecule has 2 heterocycles. The summed E-state index contributed by atoms with van der Waals surface area (Å²) in [6.45, 7) is 1.61. The van der Waals surface area contributed by atoms with Crippen LogP contribution in [0.4, 0.5) is 0 Å². The number of nitrogens with one attached hydrogen (secondary N) is 1. The van der Waals surface area contributed by atoms with Crippen molar-refractivity contribution < 1.29 is 0 Å². The normalized spacial score (nSPS) is 10.8.